The van der Waals surface area contributed by atoms with Crippen molar-refractivity contribution in [2.24, 2.45) is 0 Å². The standard InChI is InChI=1S/C9H20.C6H6O3S/c1-3-5-7-9-8-6-4-2;7-10(8,9)6-4-2-1-3-5-6/h3-9H2,1-2H3;1-5H,(H,7,8,9). The van der Waals surface area contributed by atoms with Crippen molar-refractivity contribution < 1.29 is 13.0 Å². The Bertz CT molecular complexity index is 393. The van der Waals surface area contributed by atoms with Crippen LogP contribution in [-0.4, -0.2) is 13.0 Å². The van der Waals surface area contributed by atoms with Crippen molar-refractivity contribution in [3.63, 3.8) is 0 Å². The second kappa shape index (κ2) is 11.0. The highest BCUT2D eigenvalue weighted by atomic mass is 32.2. The average Bonchev–Trinajstić information content (AvgIpc) is 2.40. The maximum Gasteiger partial charge on any atom is 0.294 e. The average molecular weight is 286 g/mol. The fourth-order valence-electron chi connectivity index (χ4n) is 1.62. The lowest BCUT2D eigenvalue weighted by Crippen LogP contribution is -1.96. The van der Waals surface area contributed by atoms with E-state index in [4.69, 9.17) is 4.55 Å². The Hall–Kier alpha value is -0.870. The molecule has 19 heavy (non-hydrogen) atoms. The second-order valence-electron chi connectivity index (χ2n) is 4.56. The molecule has 0 aliphatic rings. The van der Waals surface area contributed by atoms with E-state index in [1.807, 2.05) is 0 Å². The summed E-state index contributed by atoms with van der Waals surface area (Å²) in [4.78, 5) is -0.0741. The van der Waals surface area contributed by atoms with Gasteiger partial charge in [-0.3, -0.25) is 4.55 Å². The van der Waals surface area contributed by atoms with Gasteiger partial charge in [0.15, 0.2) is 0 Å². The van der Waals surface area contributed by atoms with Gasteiger partial charge in [-0.1, -0.05) is 77.0 Å². The third kappa shape index (κ3) is 10.7. The van der Waals surface area contributed by atoms with Gasteiger partial charge in [0.1, 0.15) is 0 Å². The Morgan fingerprint density at radius 1 is 0.842 bits per heavy atom. The van der Waals surface area contributed by atoms with Crippen molar-refractivity contribution in [1.29, 1.82) is 0 Å². The molecule has 1 rings (SSSR count). The van der Waals surface area contributed by atoms with E-state index in [9.17, 15) is 8.42 Å². The van der Waals surface area contributed by atoms with Crippen molar-refractivity contribution >= 4 is 10.1 Å². The van der Waals surface area contributed by atoms with Crippen molar-refractivity contribution in [2.75, 3.05) is 0 Å². The molecule has 0 amide bonds. The van der Waals surface area contributed by atoms with Gasteiger partial charge in [0.25, 0.3) is 10.1 Å². The number of rotatable bonds is 7. The largest absolute Gasteiger partial charge is 0.294 e. The van der Waals surface area contributed by atoms with Crippen LogP contribution in [0.1, 0.15) is 58.8 Å². The molecule has 0 saturated heterocycles. The lowest BCUT2D eigenvalue weighted by molar-refractivity contribution is 0.483. The maximum atomic E-state index is 10.4. The van der Waals surface area contributed by atoms with Crippen LogP contribution < -0.4 is 0 Å². The summed E-state index contributed by atoms with van der Waals surface area (Å²) >= 11 is 0. The summed E-state index contributed by atoms with van der Waals surface area (Å²) in [6, 6.07) is 7.42. The molecule has 1 N–H and O–H groups in total. The fourth-order valence-corrected chi connectivity index (χ4v) is 2.12. The second-order valence-corrected chi connectivity index (χ2v) is 5.98. The van der Waals surface area contributed by atoms with E-state index in [2.05, 4.69) is 13.8 Å². The quantitative estimate of drug-likeness (QED) is 0.584. The summed E-state index contributed by atoms with van der Waals surface area (Å²) in [5, 5.41) is 0. The third-order valence-corrected chi connectivity index (χ3v) is 3.62. The molecule has 0 saturated carbocycles. The molecule has 0 heterocycles. The number of benzene rings is 1. The summed E-state index contributed by atoms with van der Waals surface area (Å²) in [5.74, 6) is 0. The smallest absolute Gasteiger partial charge is 0.282 e. The van der Waals surface area contributed by atoms with E-state index in [0.717, 1.165) is 0 Å². The fraction of sp³-hybridized carbons (Fsp3) is 0.600. The van der Waals surface area contributed by atoms with E-state index in [1.165, 1.54) is 57.1 Å². The van der Waals surface area contributed by atoms with Gasteiger partial charge in [0.2, 0.25) is 0 Å². The van der Waals surface area contributed by atoms with Crippen molar-refractivity contribution in [1.82, 2.24) is 0 Å². The van der Waals surface area contributed by atoms with Crippen LogP contribution in [-0.2, 0) is 10.1 Å². The lowest BCUT2D eigenvalue weighted by Gasteiger charge is -1.96. The molecule has 0 unspecified atom stereocenters. The van der Waals surface area contributed by atoms with Crippen molar-refractivity contribution in [2.45, 2.75) is 63.7 Å². The SMILES string of the molecule is CCCCCCCCC.O=S(=O)(O)c1ccccc1. The van der Waals surface area contributed by atoms with E-state index in [1.54, 1.807) is 18.2 Å². The molecule has 4 heteroatoms. The molecule has 1 aromatic rings. The highest BCUT2D eigenvalue weighted by Crippen LogP contribution is 2.06. The van der Waals surface area contributed by atoms with Crippen LogP contribution in [0.15, 0.2) is 35.2 Å². The molecule has 1 aromatic carbocycles. The minimum atomic E-state index is -4.00. The van der Waals surface area contributed by atoms with Crippen LogP contribution in [0, 0.1) is 0 Å². The van der Waals surface area contributed by atoms with Gasteiger partial charge in [0.05, 0.1) is 4.90 Å². The summed E-state index contributed by atoms with van der Waals surface area (Å²) in [7, 11) is -4.00. The highest BCUT2D eigenvalue weighted by Gasteiger charge is 2.05. The minimum Gasteiger partial charge on any atom is -0.282 e. The van der Waals surface area contributed by atoms with Gasteiger partial charge < -0.3 is 0 Å². The molecule has 0 bridgehead atoms. The Morgan fingerprint density at radius 2 is 1.26 bits per heavy atom. The van der Waals surface area contributed by atoms with Gasteiger partial charge >= 0.3 is 0 Å². The molecule has 3 nitrogen and oxygen atoms in total. The molecular formula is C15H26O3S. The first-order valence-corrected chi connectivity index (χ1v) is 8.48. The lowest BCUT2D eigenvalue weighted by atomic mass is 10.1. The summed E-state index contributed by atoms with van der Waals surface area (Å²) in [6.07, 6.45) is 9.97. The highest BCUT2D eigenvalue weighted by molar-refractivity contribution is 7.85. The zero-order chi connectivity index (χ0) is 14.6. The molecule has 0 aliphatic heterocycles. The van der Waals surface area contributed by atoms with Crippen LogP contribution in [0.3, 0.4) is 0 Å². The topological polar surface area (TPSA) is 54.4 Å². The first-order chi connectivity index (χ1) is 9.02. The zero-order valence-electron chi connectivity index (χ0n) is 12.0. The maximum absolute atomic E-state index is 10.4. The van der Waals surface area contributed by atoms with E-state index >= 15 is 0 Å². The van der Waals surface area contributed by atoms with Gasteiger partial charge in [-0.25, -0.2) is 0 Å². The van der Waals surface area contributed by atoms with Crippen LogP contribution in [0.5, 0.6) is 0 Å². The number of hydrogen-bond donors (Lipinski definition) is 1. The molecular weight excluding hydrogens is 260 g/mol. The minimum absolute atomic E-state index is 0.0741. The number of hydrogen-bond acceptors (Lipinski definition) is 2. The first-order valence-electron chi connectivity index (χ1n) is 7.04. The molecule has 0 aliphatic carbocycles. The zero-order valence-corrected chi connectivity index (χ0v) is 12.8. The predicted molar refractivity (Wildman–Crippen MR) is 79.9 cm³/mol. The monoisotopic (exact) mass is 286 g/mol. The van der Waals surface area contributed by atoms with Gasteiger partial charge in [-0.2, -0.15) is 8.42 Å². The molecule has 110 valence electrons. The third-order valence-electron chi connectivity index (χ3n) is 2.75. The van der Waals surface area contributed by atoms with Crippen LogP contribution in [0.4, 0.5) is 0 Å². The molecule has 0 atom stereocenters. The predicted octanol–water partition coefficient (Wildman–Crippen LogP) is 4.69. The summed E-state index contributed by atoms with van der Waals surface area (Å²) < 4.78 is 29.2. The van der Waals surface area contributed by atoms with Crippen LogP contribution >= 0.6 is 0 Å². The molecule has 0 aromatic heterocycles. The van der Waals surface area contributed by atoms with Crippen LogP contribution in [0.25, 0.3) is 0 Å². The Kier molecular flexibility index (Phi) is 10.5. The Labute approximate surface area is 117 Å². The number of unbranched alkanes of at least 4 members (excludes halogenated alkanes) is 6. The molecule has 0 fully saturated rings. The van der Waals surface area contributed by atoms with Crippen molar-refractivity contribution in [3.8, 4) is 0 Å². The molecule has 0 spiro atoms. The first kappa shape index (κ1) is 18.1. The van der Waals surface area contributed by atoms with Gasteiger partial charge in [-0.05, 0) is 12.1 Å². The normalized spacial score (nSPS) is 10.7. The Balaban J connectivity index is 0.000000344. The van der Waals surface area contributed by atoms with E-state index < -0.39 is 10.1 Å². The van der Waals surface area contributed by atoms with Crippen molar-refractivity contribution in [3.05, 3.63) is 30.3 Å². The molecule has 0 radical (unpaired) electrons. The van der Waals surface area contributed by atoms with Crippen LogP contribution in [0.2, 0.25) is 0 Å². The summed E-state index contributed by atoms with van der Waals surface area (Å²) in [6.45, 7) is 4.53. The van der Waals surface area contributed by atoms with E-state index in [-0.39, 0.29) is 4.90 Å². The Morgan fingerprint density at radius 3 is 1.58 bits per heavy atom. The van der Waals surface area contributed by atoms with Gasteiger partial charge in [-0.15, -0.1) is 0 Å². The van der Waals surface area contributed by atoms with E-state index in [0.29, 0.717) is 0 Å². The summed E-state index contributed by atoms with van der Waals surface area (Å²) in [5.41, 5.74) is 0. The van der Waals surface area contributed by atoms with Gasteiger partial charge in [0, 0.05) is 0 Å².